The number of hydrogen-bond donors (Lipinski definition) is 1. The normalized spacial score (nSPS) is 26.8. The van der Waals surface area contributed by atoms with E-state index in [0.29, 0.717) is 29.9 Å². The Balaban J connectivity index is 1.42. The Morgan fingerprint density at radius 1 is 1.19 bits per heavy atom. The third-order valence-corrected chi connectivity index (χ3v) is 6.62. The summed E-state index contributed by atoms with van der Waals surface area (Å²) in [6, 6.07) is 1.78. The van der Waals surface area contributed by atoms with Gasteiger partial charge in [-0.2, -0.15) is 31.3 Å². The van der Waals surface area contributed by atoms with Gasteiger partial charge in [-0.25, -0.2) is 0 Å². The van der Waals surface area contributed by atoms with Crippen LogP contribution in [0, 0.1) is 30.1 Å². The molecule has 3 atom stereocenters. The number of likely N-dealkylation sites (tertiary alicyclic amines) is 1. The summed E-state index contributed by atoms with van der Waals surface area (Å²) in [7, 11) is 0. The van der Waals surface area contributed by atoms with Gasteiger partial charge in [0.25, 0.3) is 0 Å². The van der Waals surface area contributed by atoms with Crippen molar-refractivity contribution in [3.63, 3.8) is 0 Å². The Bertz CT molecular complexity index is 1030. The first-order valence-corrected chi connectivity index (χ1v) is 10.5. The van der Waals surface area contributed by atoms with Crippen molar-refractivity contribution in [1.82, 2.24) is 10.2 Å². The lowest BCUT2D eigenvalue weighted by atomic mass is 10.0. The lowest BCUT2D eigenvalue weighted by molar-refractivity contribution is -0.143. The summed E-state index contributed by atoms with van der Waals surface area (Å²) < 4.78 is 78.7. The maximum atomic E-state index is 13.4. The Hall–Kier alpha value is -2.45. The molecule has 1 saturated heterocycles. The third kappa shape index (κ3) is 4.66. The number of aliphatic imine (C=N–C) groups is 1. The molecular formula is C21H17F6N3OS. The van der Waals surface area contributed by atoms with Crippen LogP contribution in [0.5, 0.6) is 0 Å². The quantitative estimate of drug-likeness (QED) is 0.506. The summed E-state index contributed by atoms with van der Waals surface area (Å²) in [5.41, 5.74) is -2.75. The highest BCUT2D eigenvalue weighted by Gasteiger charge is 2.54. The average molecular weight is 473 g/mol. The van der Waals surface area contributed by atoms with Crippen molar-refractivity contribution in [2.75, 3.05) is 19.6 Å². The molecule has 4 nitrogen and oxygen atoms in total. The Morgan fingerprint density at radius 3 is 2.47 bits per heavy atom. The molecule has 1 aromatic carbocycles. The maximum Gasteiger partial charge on any atom is 0.416 e. The fourth-order valence-electron chi connectivity index (χ4n) is 4.29. The first-order valence-electron chi connectivity index (χ1n) is 9.67. The molecule has 1 aromatic rings. The van der Waals surface area contributed by atoms with Crippen LogP contribution in [0.25, 0.3) is 0 Å². The number of halogens is 6. The molecule has 1 saturated carbocycles. The monoisotopic (exact) mass is 473 g/mol. The molecule has 0 radical (unpaired) electrons. The lowest BCUT2D eigenvalue weighted by Crippen LogP contribution is -2.26. The van der Waals surface area contributed by atoms with Crippen molar-refractivity contribution in [3.8, 4) is 12.3 Å². The van der Waals surface area contributed by atoms with Gasteiger partial charge in [0.1, 0.15) is 5.84 Å². The van der Waals surface area contributed by atoms with Gasteiger partial charge in [-0.15, -0.1) is 6.42 Å². The fraction of sp³-hybridized carbons (Fsp3) is 0.429. The molecule has 11 heteroatoms. The van der Waals surface area contributed by atoms with Gasteiger partial charge in [-0.3, -0.25) is 9.69 Å². The summed E-state index contributed by atoms with van der Waals surface area (Å²) in [6.45, 7) is 1.21. The third-order valence-electron chi connectivity index (χ3n) is 5.81. The minimum absolute atomic E-state index is 0.0764. The minimum Gasteiger partial charge on any atom is -0.358 e. The smallest absolute Gasteiger partial charge is 0.358 e. The number of piperidine rings is 1. The number of terminal acetylenes is 1. The largest absolute Gasteiger partial charge is 0.416 e. The molecule has 170 valence electrons. The van der Waals surface area contributed by atoms with Crippen molar-refractivity contribution in [2.45, 2.75) is 18.9 Å². The fourth-order valence-corrected chi connectivity index (χ4v) is 5.06. The van der Waals surface area contributed by atoms with E-state index in [1.807, 2.05) is 11.0 Å². The summed E-state index contributed by atoms with van der Waals surface area (Å²) in [6.07, 6.45) is -2.56. The number of fused-ring (bicyclic) bond motifs is 1. The molecule has 1 amide bonds. The molecular weight excluding hydrogens is 456 g/mol. The molecule has 0 bridgehead atoms. The number of carbonyl (C=O) groups is 1. The first kappa shape index (κ1) is 22.7. The highest BCUT2D eigenvalue weighted by molar-refractivity contribution is 8.18. The number of rotatable bonds is 4. The number of thioether (sulfide) groups is 1. The summed E-state index contributed by atoms with van der Waals surface area (Å²) in [4.78, 5) is 18.0. The standard InChI is InChI=1S/C21H17F6N3OS/c1-2-5-28-18-17(32-19(31)29-18)7-13-14-9-30(10-15(13)14)8-11-3-4-12(20(22,23)24)6-16(11)21(25,26)27/h1,3-4,6-7,13-15H,5,8-10H2,(H,28,29,31)/b17-7-/t13-,14-,15+. The molecule has 0 aromatic heterocycles. The minimum atomic E-state index is -4.88. The zero-order valence-corrected chi connectivity index (χ0v) is 17.2. The topological polar surface area (TPSA) is 44.7 Å². The van der Waals surface area contributed by atoms with Crippen molar-refractivity contribution in [1.29, 1.82) is 0 Å². The number of hydrogen-bond acceptors (Lipinski definition) is 4. The van der Waals surface area contributed by atoms with Crippen molar-refractivity contribution in [2.24, 2.45) is 22.7 Å². The van der Waals surface area contributed by atoms with Crippen LogP contribution in [-0.4, -0.2) is 35.6 Å². The van der Waals surface area contributed by atoms with Crippen LogP contribution >= 0.6 is 11.8 Å². The van der Waals surface area contributed by atoms with Crippen molar-refractivity contribution in [3.05, 3.63) is 45.9 Å². The highest BCUT2D eigenvalue weighted by atomic mass is 32.2. The van der Waals surface area contributed by atoms with Crippen LogP contribution in [0.1, 0.15) is 16.7 Å². The SMILES string of the molecule is C#CCNC1=NC(=O)S/C1=C\[C@@H]1[C@H]2CN(Cc3ccc(C(F)(F)F)cc3C(F)(F)F)C[C@@H]12. The molecule has 1 aliphatic carbocycles. The van der Waals surface area contributed by atoms with Gasteiger partial charge >= 0.3 is 17.6 Å². The Kier molecular flexibility index (Phi) is 5.79. The molecule has 2 fully saturated rings. The zero-order valence-electron chi connectivity index (χ0n) is 16.4. The molecule has 0 unspecified atom stereocenters. The lowest BCUT2D eigenvalue weighted by Gasteiger charge is -2.22. The van der Waals surface area contributed by atoms with Gasteiger partial charge in [0.15, 0.2) is 0 Å². The number of nitrogens with one attached hydrogen (secondary N) is 1. The Labute approximate surface area is 184 Å². The second-order valence-corrected chi connectivity index (χ2v) is 8.88. The predicted molar refractivity (Wildman–Crippen MR) is 108 cm³/mol. The predicted octanol–water partition coefficient (Wildman–Crippen LogP) is 4.77. The van der Waals surface area contributed by atoms with Gasteiger partial charge < -0.3 is 5.32 Å². The van der Waals surface area contributed by atoms with E-state index >= 15 is 0 Å². The average Bonchev–Trinajstić information content (AvgIpc) is 3.00. The van der Waals surface area contributed by atoms with Gasteiger partial charge in [0.2, 0.25) is 0 Å². The summed E-state index contributed by atoms with van der Waals surface area (Å²) in [5.74, 6) is 3.45. The van der Waals surface area contributed by atoms with Crippen LogP contribution in [0.3, 0.4) is 0 Å². The number of carbonyl (C=O) groups excluding carboxylic acids is 1. The molecule has 4 rings (SSSR count). The number of amides is 1. The number of allylic oxidation sites excluding steroid dienone is 1. The summed E-state index contributed by atoms with van der Waals surface area (Å²) in [5, 5.41) is 2.55. The summed E-state index contributed by atoms with van der Waals surface area (Å²) >= 11 is 0.999. The second-order valence-electron chi connectivity index (χ2n) is 7.88. The van der Waals surface area contributed by atoms with Gasteiger partial charge in [0, 0.05) is 19.6 Å². The molecule has 0 spiro atoms. The van der Waals surface area contributed by atoms with Crippen LogP contribution in [0.4, 0.5) is 31.1 Å². The molecule has 3 aliphatic rings. The van der Waals surface area contributed by atoms with Crippen LogP contribution in [-0.2, 0) is 18.9 Å². The highest BCUT2D eigenvalue weighted by Crippen LogP contribution is 2.54. The van der Waals surface area contributed by atoms with Gasteiger partial charge in [-0.05, 0) is 47.2 Å². The van der Waals surface area contributed by atoms with Gasteiger partial charge in [0.05, 0.1) is 22.6 Å². The van der Waals surface area contributed by atoms with E-state index in [4.69, 9.17) is 6.42 Å². The van der Waals surface area contributed by atoms with Crippen molar-refractivity contribution >= 4 is 22.8 Å². The molecule has 1 N–H and O–H groups in total. The maximum absolute atomic E-state index is 13.4. The molecule has 32 heavy (non-hydrogen) atoms. The van der Waals surface area contributed by atoms with Crippen LogP contribution in [0.15, 0.2) is 34.2 Å². The van der Waals surface area contributed by atoms with Crippen molar-refractivity contribution < 1.29 is 31.1 Å². The van der Waals surface area contributed by atoms with Gasteiger partial charge in [-0.1, -0.05) is 18.1 Å². The zero-order chi connectivity index (χ0) is 23.3. The number of alkyl halides is 6. The van der Waals surface area contributed by atoms with Crippen LogP contribution < -0.4 is 5.32 Å². The van der Waals surface area contributed by atoms with E-state index in [-0.39, 0.29) is 47.7 Å². The Morgan fingerprint density at radius 2 is 1.88 bits per heavy atom. The van der Waals surface area contributed by atoms with E-state index < -0.39 is 23.5 Å². The number of benzene rings is 1. The molecule has 2 aliphatic heterocycles. The molecule has 2 heterocycles. The van der Waals surface area contributed by atoms with E-state index in [9.17, 15) is 31.1 Å². The second kappa shape index (κ2) is 8.15. The van der Waals surface area contributed by atoms with E-state index in [0.717, 1.165) is 17.8 Å². The van der Waals surface area contributed by atoms with E-state index in [1.165, 1.54) is 0 Å². The van der Waals surface area contributed by atoms with E-state index in [2.05, 4.69) is 16.2 Å². The van der Waals surface area contributed by atoms with Crippen LogP contribution in [0.2, 0.25) is 0 Å². The number of amidine groups is 1. The number of nitrogens with zero attached hydrogens (tertiary/aromatic N) is 2. The first-order chi connectivity index (χ1) is 15.0. The van der Waals surface area contributed by atoms with E-state index in [1.54, 1.807) is 0 Å².